The maximum atomic E-state index is 13.0. The molecule has 0 aliphatic rings. The van der Waals surface area contributed by atoms with Crippen molar-refractivity contribution in [1.29, 1.82) is 0 Å². The van der Waals surface area contributed by atoms with Crippen LogP contribution >= 0.6 is 23.8 Å². The van der Waals surface area contributed by atoms with Gasteiger partial charge in [-0.2, -0.15) is 0 Å². The van der Waals surface area contributed by atoms with Gasteiger partial charge in [-0.3, -0.25) is 4.79 Å². The molecule has 0 aliphatic carbocycles. The molecule has 17 heavy (non-hydrogen) atoms. The van der Waals surface area contributed by atoms with Crippen LogP contribution in [0.25, 0.3) is 0 Å². The molecule has 1 atom stereocenters. The second kappa shape index (κ2) is 6.01. The molecule has 0 aliphatic heterocycles. The van der Waals surface area contributed by atoms with E-state index in [2.05, 4.69) is 22.4 Å². The number of isothiocyanates is 1. The molecule has 0 amide bonds. The summed E-state index contributed by atoms with van der Waals surface area (Å²) in [5.74, 6) is -0.802. The van der Waals surface area contributed by atoms with Crippen LogP contribution in [-0.4, -0.2) is 17.0 Å². The maximum absolute atomic E-state index is 13.0. The number of hydrogen-bond donors (Lipinski definition) is 0. The summed E-state index contributed by atoms with van der Waals surface area (Å²) in [5.41, 5.74) is 0.323. The Morgan fingerprint density at radius 3 is 2.65 bits per heavy atom. The first-order valence-corrected chi connectivity index (χ1v) is 5.82. The fourth-order valence-electron chi connectivity index (χ4n) is 1.39. The van der Waals surface area contributed by atoms with Crippen molar-refractivity contribution in [3.05, 3.63) is 34.6 Å². The number of carbonyl (C=O) groups excluding carboxylic acids is 1. The second-order valence-corrected chi connectivity index (χ2v) is 4.49. The van der Waals surface area contributed by atoms with Crippen LogP contribution in [0.4, 0.5) is 4.39 Å². The molecule has 0 saturated carbocycles. The number of halogens is 2. The van der Waals surface area contributed by atoms with Gasteiger partial charge in [-0.1, -0.05) is 25.4 Å². The van der Waals surface area contributed by atoms with E-state index < -0.39 is 11.9 Å². The zero-order chi connectivity index (χ0) is 13.0. The van der Waals surface area contributed by atoms with E-state index in [0.29, 0.717) is 5.56 Å². The molecule has 0 N–H and O–H groups in total. The zero-order valence-corrected chi connectivity index (χ0v) is 11.0. The number of hydrogen-bond acceptors (Lipinski definition) is 3. The minimum atomic E-state index is -0.603. The SMILES string of the molecule is CC(C)C(N=C=S)C(=O)c1ccc(F)c(Cl)c1. The lowest BCUT2D eigenvalue weighted by Crippen LogP contribution is -2.24. The Labute approximate surface area is 110 Å². The molecule has 0 spiro atoms. The number of ketones is 1. The van der Waals surface area contributed by atoms with Gasteiger partial charge in [0.1, 0.15) is 11.9 Å². The predicted molar refractivity (Wildman–Crippen MR) is 69.4 cm³/mol. The molecule has 0 aromatic heterocycles. The molecule has 5 heteroatoms. The number of aliphatic imine (C=N–C) groups is 1. The van der Waals surface area contributed by atoms with Gasteiger partial charge in [-0.25, -0.2) is 9.38 Å². The van der Waals surface area contributed by atoms with E-state index in [-0.39, 0.29) is 16.7 Å². The van der Waals surface area contributed by atoms with Crippen molar-refractivity contribution >= 4 is 34.8 Å². The number of carbonyl (C=O) groups is 1. The molecule has 0 bridgehead atoms. The highest BCUT2D eigenvalue weighted by molar-refractivity contribution is 7.78. The number of nitrogens with zero attached hydrogens (tertiary/aromatic N) is 1. The van der Waals surface area contributed by atoms with Gasteiger partial charge in [-0.05, 0) is 36.3 Å². The second-order valence-electron chi connectivity index (χ2n) is 3.90. The Morgan fingerprint density at radius 1 is 1.53 bits per heavy atom. The Balaban J connectivity index is 3.09. The van der Waals surface area contributed by atoms with Crippen molar-refractivity contribution < 1.29 is 9.18 Å². The highest BCUT2D eigenvalue weighted by Gasteiger charge is 2.23. The first-order valence-electron chi connectivity index (χ1n) is 5.03. The van der Waals surface area contributed by atoms with E-state index in [4.69, 9.17) is 11.6 Å². The third-order valence-corrected chi connectivity index (χ3v) is 2.69. The molecule has 1 rings (SSSR count). The summed E-state index contributed by atoms with van der Waals surface area (Å²) >= 11 is 10.1. The van der Waals surface area contributed by atoms with Gasteiger partial charge in [-0.15, -0.1) is 0 Å². The molecule has 1 aromatic rings. The highest BCUT2D eigenvalue weighted by atomic mass is 35.5. The Bertz CT molecular complexity index is 483. The minimum Gasteiger partial charge on any atom is -0.292 e. The summed E-state index contributed by atoms with van der Waals surface area (Å²) in [7, 11) is 0. The number of rotatable bonds is 4. The fourth-order valence-corrected chi connectivity index (χ4v) is 1.68. The smallest absolute Gasteiger partial charge is 0.188 e. The van der Waals surface area contributed by atoms with Gasteiger partial charge < -0.3 is 0 Å². The number of Topliss-reactive ketones (excluding diaryl/α,β-unsaturated/α-hetero) is 1. The topological polar surface area (TPSA) is 29.4 Å². The van der Waals surface area contributed by atoms with Gasteiger partial charge in [0.15, 0.2) is 5.78 Å². The van der Waals surface area contributed by atoms with Gasteiger partial charge in [0.2, 0.25) is 0 Å². The minimum absolute atomic E-state index is 0.0122. The van der Waals surface area contributed by atoms with Crippen molar-refractivity contribution in [1.82, 2.24) is 0 Å². The van der Waals surface area contributed by atoms with Crippen LogP contribution < -0.4 is 0 Å². The molecule has 0 saturated heterocycles. The maximum Gasteiger partial charge on any atom is 0.188 e. The van der Waals surface area contributed by atoms with Gasteiger partial charge in [0.25, 0.3) is 0 Å². The first-order chi connectivity index (χ1) is 7.97. The average Bonchev–Trinajstić information content (AvgIpc) is 2.28. The van der Waals surface area contributed by atoms with E-state index in [9.17, 15) is 9.18 Å². The normalized spacial score (nSPS) is 12.1. The largest absolute Gasteiger partial charge is 0.292 e. The Morgan fingerprint density at radius 2 is 2.18 bits per heavy atom. The average molecular weight is 272 g/mol. The van der Waals surface area contributed by atoms with E-state index in [1.54, 1.807) is 0 Å². The lowest BCUT2D eigenvalue weighted by Gasteiger charge is -2.13. The third-order valence-electron chi connectivity index (χ3n) is 2.30. The molecule has 0 heterocycles. The molecule has 0 fully saturated rings. The van der Waals surface area contributed by atoms with Crippen molar-refractivity contribution in [2.45, 2.75) is 19.9 Å². The first kappa shape index (κ1) is 14.0. The summed E-state index contributed by atoms with van der Waals surface area (Å²) in [5, 5.41) is 2.13. The quantitative estimate of drug-likeness (QED) is 0.474. The summed E-state index contributed by atoms with van der Waals surface area (Å²) in [6.45, 7) is 3.70. The van der Waals surface area contributed by atoms with Crippen LogP contribution in [0.15, 0.2) is 23.2 Å². The fraction of sp³-hybridized carbons (Fsp3) is 0.333. The van der Waals surface area contributed by atoms with Crippen LogP contribution in [0.5, 0.6) is 0 Å². The molecule has 1 unspecified atom stereocenters. The summed E-state index contributed by atoms with van der Waals surface area (Å²) in [6, 6.07) is 3.24. The summed E-state index contributed by atoms with van der Waals surface area (Å²) < 4.78 is 13.0. The monoisotopic (exact) mass is 271 g/mol. The number of benzene rings is 1. The molecule has 90 valence electrons. The van der Waals surface area contributed by atoms with Gasteiger partial charge >= 0.3 is 0 Å². The predicted octanol–water partition coefficient (Wildman–Crippen LogP) is 3.79. The van der Waals surface area contributed by atoms with E-state index in [1.165, 1.54) is 12.1 Å². The van der Waals surface area contributed by atoms with Crippen LogP contribution in [0.2, 0.25) is 5.02 Å². The summed E-state index contributed by atoms with van der Waals surface area (Å²) in [6.07, 6.45) is 0. The van der Waals surface area contributed by atoms with E-state index >= 15 is 0 Å². The third kappa shape index (κ3) is 3.43. The van der Waals surface area contributed by atoms with Gasteiger partial charge in [0.05, 0.1) is 10.2 Å². The molecule has 0 radical (unpaired) electrons. The van der Waals surface area contributed by atoms with Gasteiger partial charge in [0, 0.05) is 5.56 Å². The van der Waals surface area contributed by atoms with Crippen LogP contribution in [0, 0.1) is 11.7 Å². The Hall–Kier alpha value is -1.09. The Kier molecular flexibility index (Phi) is 4.94. The zero-order valence-electron chi connectivity index (χ0n) is 9.41. The molecular weight excluding hydrogens is 261 g/mol. The highest BCUT2D eigenvalue weighted by Crippen LogP contribution is 2.19. The van der Waals surface area contributed by atoms with Crippen molar-refractivity contribution in [2.75, 3.05) is 0 Å². The molecule has 1 aromatic carbocycles. The van der Waals surface area contributed by atoms with Crippen molar-refractivity contribution in [3.8, 4) is 0 Å². The lowest BCUT2D eigenvalue weighted by atomic mass is 9.95. The lowest BCUT2D eigenvalue weighted by molar-refractivity contribution is 0.0942. The molecule has 2 nitrogen and oxygen atoms in total. The standard InChI is InChI=1S/C12H11ClFNOS/c1-7(2)11(15-6-17)12(16)8-3-4-10(14)9(13)5-8/h3-5,7,11H,1-2H3. The summed E-state index contributed by atoms with van der Waals surface area (Å²) in [4.78, 5) is 15.9. The number of thiocarbonyl (C=S) groups is 1. The van der Waals surface area contributed by atoms with Crippen molar-refractivity contribution in [2.24, 2.45) is 10.9 Å². The van der Waals surface area contributed by atoms with Crippen LogP contribution in [0.1, 0.15) is 24.2 Å². The van der Waals surface area contributed by atoms with Crippen LogP contribution in [0.3, 0.4) is 0 Å². The van der Waals surface area contributed by atoms with Crippen LogP contribution in [-0.2, 0) is 0 Å². The van der Waals surface area contributed by atoms with Crippen molar-refractivity contribution in [3.63, 3.8) is 0 Å². The van der Waals surface area contributed by atoms with E-state index in [1.807, 2.05) is 13.8 Å². The van der Waals surface area contributed by atoms with E-state index in [0.717, 1.165) is 6.07 Å². The molecular formula is C12H11ClFNOS.